The zero-order valence-corrected chi connectivity index (χ0v) is 10.2. The third-order valence-corrected chi connectivity index (χ3v) is 2.42. The number of nitrogens with one attached hydrogen (secondary N) is 1. The number of aliphatic carboxylic acids is 1. The second-order valence-electron chi connectivity index (χ2n) is 3.31. The van der Waals surface area contributed by atoms with Crippen molar-refractivity contribution in [2.45, 2.75) is 6.92 Å². The number of carboxylic acids is 1. The van der Waals surface area contributed by atoms with Gasteiger partial charge in [-0.05, 0) is 28.1 Å². The molecule has 0 bridgehead atoms. The summed E-state index contributed by atoms with van der Waals surface area (Å²) in [5.41, 5.74) is 0.265. The molecule has 0 saturated heterocycles. The smallest absolute Gasteiger partial charge is 0.308 e. The van der Waals surface area contributed by atoms with Crippen LogP contribution in [0, 0.1) is 5.92 Å². The SMILES string of the molecule is CC(CNC(=O)c1ccc(Br)cn1)C(=O)O. The number of halogens is 1. The first-order valence-corrected chi connectivity index (χ1v) is 5.42. The van der Waals surface area contributed by atoms with Crippen LogP contribution in [-0.4, -0.2) is 28.5 Å². The van der Waals surface area contributed by atoms with E-state index in [0.717, 1.165) is 4.47 Å². The number of nitrogens with zero attached hydrogens (tertiary/aromatic N) is 1. The first kappa shape index (κ1) is 12.6. The summed E-state index contributed by atoms with van der Waals surface area (Å²) in [6.45, 7) is 1.61. The Labute approximate surface area is 101 Å². The summed E-state index contributed by atoms with van der Waals surface area (Å²) in [4.78, 5) is 25.9. The van der Waals surface area contributed by atoms with Gasteiger partial charge in [-0.2, -0.15) is 0 Å². The van der Waals surface area contributed by atoms with Gasteiger partial charge in [-0.3, -0.25) is 9.59 Å². The average molecular weight is 287 g/mol. The number of carboxylic acid groups (broad SMARTS) is 1. The topological polar surface area (TPSA) is 79.3 Å². The summed E-state index contributed by atoms with van der Waals surface area (Å²) in [6, 6.07) is 3.26. The quantitative estimate of drug-likeness (QED) is 0.874. The number of hydrogen-bond donors (Lipinski definition) is 2. The minimum atomic E-state index is -0.941. The highest BCUT2D eigenvalue weighted by molar-refractivity contribution is 9.10. The van der Waals surface area contributed by atoms with E-state index in [1.165, 1.54) is 13.1 Å². The summed E-state index contributed by atoms with van der Waals surface area (Å²) in [5.74, 6) is -1.93. The van der Waals surface area contributed by atoms with Gasteiger partial charge in [-0.1, -0.05) is 6.92 Å². The molecule has 1 rings (SSSR count). The fraction of sp³-hybridized carbons (Fsp3) is 0.300. The van der Waals surface area contributed by atoms with Gasteiger partial charge < -0.3 is 10.4 Å². The number of aromatic nitrogens is 1. The Kier molecular flexibility index (Phi) is 4.42. The predicted octanol–water partition coefficient (Wildman–Crippen LogP) is 1.29. The van der Waals surface area contributed by atoms with E-state index >= 15 is 0 Å². The van der Waals surface area contributed by atoms with E-state index in [0.29, 0.717) is 0 Å². The molecule has 0 aliphatic rings. The van der Waals surface area contributed by atoms with Gasteiger partial charge in [-0.25, -0.2) is 4.98 Å². The van der Waals surface area contributed by atoms with Gasteiger partial charge in [0.15, 0.2) is 0 Å². The van der Waals surface area contributed by atoms with Crippen molar-refractivity contribution in [1.29, 1.82) is 0 Å². The van der Waals surface area contributed by atoms with Crippen molar-refractivity contribution in [3.63, 3.8) is 0 Å². The van der Waals surface area contributed by atoms with Crippen LogP contribution in [0.4, 0.5) is 0 Å². The maximum atomic E-state index is 11.5. The van der Waals surface area contributed by atoms with Crippen LogP contribution in [-0.2, 0) is 4.79 Å². The highest BCUT2D eigenvalue weighted by atomic mass is 79.9. The van der Waals surface area contributed by atoms with E-state index in [1.807, 2.05) is 0 Å². The summed E-state index contributed by atoms with van der Waals surface area (Å²) in [7, 11) is 0. The summed E-state index contributed by atoms with van der Waals surface area (Å²) < 4.78 is 0.781. The van der Waals surface area contributed by atoms with Crippen LogP contribution in [0.2, 0.25) is 0 Å². The normalized spacial score (nSPS) is 11.9. The maximum absolute atomic E-state index is 11.5. The lowest BCUT2D eigenvalue weighted by Crippen LogP contribution is -2.31. The summed E-state index contributed by atoms with van der Waals surface area (Å²) in [6.07, 6.45) is 1.51. The van der Waals surface area contributed by atoms with Gasteiger partial charge in [0.2, 0.25) is 0 Å². The highest BCUT2D eigenvalue weighted by Crippen LogP contribution is 2.07. The van der Waals surface area contributed by atoms with E-state index < -0.39 is 11.9 Å². The molecule has 1 atom stereocenters. The van der Waals surface area contributed by atoms with Gasteiger partial charge in [0.25, 0.3) is 5.91 Å². The van der Waals surface area contributed by atoms with Crippen LogP contribution in [0.1, 0.15) is 17.4 Å². The molecule has 1 unspecified atom stereocenters. The number of hydrogen-bond acceptors (Lipinski definition) is 3. The van der Waals surface area contributed by atoms with Gasteiger partial charge in [0.1, 0.15) is 5.69 Å². The average Bonchev–Trinajstić information content (AvgIpc) is 2.26. The lowest BCUT2D eigenvalue weighted by molar-refractivity contribution is -0.140. The van der Waals surface area contributed by atoms with Crippen LogP contribution in [0.3, 0.4) is 0 Å². The molecule has 0 aliphatic carbocycles. The number of carbonyl (C=O) groups is 2. The Morgan fingerprint density at radius 1 is 1.56 bits per heavy atom. The van der Waals surface area contributed by atoms with Crippen molar-refractivity contribution in [3.8, 4) is 0 Å². The van der Waals surface area contributed by atoms with Crippen LogP contribution in [0.15, 0.2) is 22.8 Å². The molecule has 86 valence electrons. The Morgan fingerprint density at radius 2 is 2.25 bits per heavy atom. The van der Waals surface area contributed by atoms with Gasteiger partial charge in [0.05, 0.1) is 5.92 Å². The minimum absolute atomic E-state index is 0.0892. The van der Waals surface area contributed by atoms with Crippen molar-refractivity contribution >= 4 is 27.8 Å². The van der Waals surface area contributed by atoms with Crippen LogP contribution >= 0.6 is 15.9 Å². The van der Waals surface area contributed by atoms with E-state index in [-0.39, 0.29) is 18.1 Å². The predicted molar refractivity (Wildman–Crippen MR) is 61.1 cm³/mol. The second-order valence-corrected chi connectivity index (χ2v) is 4.23. The molecule has 0 aliphatic heterocycles. The molecule has 0 radical (unpaired) electrons. The van der Waals surface area contributed by atoms with E-state index in [9.17, 15) is 9.59 Å². The molecule has 1 heterocycles. The maximum Gasteiger partial charge on any atom is 0.308 e. The molecule has 1 aromatic rings. The molecule has 2 N–H and O–H groups in total. The van der Waals surface area contributed by atoms with Crippen LogP contribution in [0.5, 0.6) is 0 Å². The van der Waals surface area contributed by atoms with E-state index in [1.54, 1.807) is 12.1 Å². The molecular formula is C10H11BrN2O3. The zero-order chi connectivity index (χ0) is 12.1. The fourth-order valence-corrected chi connectivity index (χ4v) is 1.17. The van der Waals surface area contributed by atoms with Crippen molar-refractivity contribution in [3.05, 3.63) is 28.5 Å². The number of rotatable bonds is 4. The van der Waals surface area contributed by atoms with Crippen LogP contribution < -0.4 is 5.32 Å². The second kappa shape index (κ2) is 5.60. The molecule has 0 spiro atoms. The van der Waals surface area contributed by atoms with Gasteiger partial charge >= 0.3 is 5.97 Å². The minimum Gasteiger partial charge on any atom is -0.481 e. The zero-order valence-electron chi connectivity index (χ0n) is 8.61. The molecule has 0 saturated carbocycles. The molecular weight excluding hydrogens is 276 g/mol. The third-order valence-electron chi connectivity index (χ3n) is 1.95. The molecule has 6 heteroatoms. The van der Waals surface area contributed by atoms with Gasteiger partial charge in [-0.15, -0.1) is 0 Å². The number of pyridine rings is 1. The summed E-state index contributed by atoms with van der Waals surface area (Å²) >= 11 is 3.20. The van der Waals surface area contributed by atoms with Crippen molar-refractivity contribution in [1.82, 2.24) is 10.3 Å². The summed E-state index contributed by atoms with van der Waals surface area (Å²) in [5, 5.41) is 11.1. The Bertz CT molecular complexity index is 392. The lowest BCUT2D eigenvalue weighted by atomic mass is 10.2. The Hall–Kier alpha value is -1.43. The van der Waals surface area contributed by atoms with E-state index in [2.05, 4.69) is 26.2 Å². The number of carbonyl (C=O) groups excluding carboxylic acids is 1. The molecule has 16 heavy (non-hydrogen) atoms. The Balaban J connectivity index is 2.53. The molecule has 0 fully saturated rings. The standard InChI is InChI=1S/C10H11BrN2O3/c1-6(10(15)16)4-13-9(14)8-3-2-7(11)5-12-8/h2-3,5-6H,4H2,1H3,(H,13,14)(H,15,16). The first-order chi connectivity index (χ1) is 7.50. The lowest BCUT2D eigenvalue weighted by Gasteiger charge is -2.07. The molecule has 0 aromatic carbocycles. The number of amides is 1. The van der Waals surface area contributed by atoms with Crippen molar-refractivity contribution in [2.24, 2.45) is 5.92 Å². The Morgan fingerprint density at radius 3 is 2.75 bits per heavy atom. The van der Waals surface area contributed by atoms with Crippen molar-refractivity contribution < 1.29 is 14.7 Å². The monoisotopic (exact) mass is 286 g/mol. The van der Waals surface area contributed by atoms with Crippen LogP contribution in [0.25, 0.3) is 0 Å². The molecule has 1 aromatic heterocycles. The molecule has 1 amide bonds. The largest absolute Gasteiger partial charge is 0.481 e. The third kappa shape index (κ3) is 3.62. The highest BCUT2D eigenvalue weighted by Gasteiger charge is 2.13. The molecule has 5 nitrogen and oxygen atoms in total. The first-order valence-electron chi connectivity index (χ1n) is 4.63. The van der Waals surface area contributed by atoms with Gasteiger partial charge in [0, 0.05) is 17.2 Å². The van der Waals surface area contributed by atoms with Crippen molar-refractivity contribution in [2.75, 3.05) is 6.54 Å². The fourth-order valence-electron chi connectivity index (χ4n) is 0.934. The van der Waals surface area contributed by atoms with E-state index in [4.69, 9.17) is 5.11 Å².